The first kappa shape index (κ1) is 19.6. The van der Waals surface area contributed by atoms with E-state index in [1.807, 2.05) is 0 Å². The van der Waals surface area contributed by atoms with Crippen LogP contribution in [0.4, 0.5) is 5.00 Å². The Kier molecular flexibility index (Phi) is 5.97. The van der Waals surface area contributed by atoms with E-state index in [0.29, 0.717) is 21.2 Å². The molecule has 1 aliphatic carbocycles. The molecule has 27 heavy (non-hydrogen) atoms. The summed E-state index contributed by atoms with van der Waals surface area (Å²) in [7, 11) is 0. The van der Waals surface area contributed by atoms with Crippen LogP contribution in [0.25, 0.3) is 0 Å². The van der Waals surface area contributed by atoms with E-state index in [1.54, 1.807) is 38.1 Å². The minimum absolute atomic E-state index is 0.152. The third kappa shape index (κ3) is 4.39. The van der Waals surface area contributed by atoms with Gasteiger partial charge in [0.2, 0.25) is 5.91 Å². The molecule has 0 radical (unpaired) electrons. The molecule has 1 amide bonds. The van der Waals surface area contributed by atoms with Crippen molar-refractivity contribution in [2.24, 2.45) is 5.92 Å². The number of halogens is 1. The predicted molar refractivity (Wildman–Crippen MR) is 106 cm³/mol. The van der Waals surface area contributed by atoms with Crippen LogP contribution < -0.4 is 5.32 Å². The third-order valence-corrected chi connectivity index (χ3v) is 5.85. The van der Waals surface area contributed by atoms with Gasteiger partial charge in [-0.25, -0.2) is 4.79 Å². The lowest BCUT2D eigenvalue weighted by atomic mass is 10.1. The average molecular weight is 406 g/mol. The molecule has 0 unspecified atom stereocenters. The summed E-state index contributed by atoms with van der Waals surface area (Å²) >= 11 is 7.24. The Morgan fingerprint density at radius 1 is 1.19 bits per heavy atom. The van der Waals surface area contributed by atoms with Crippen molar-refractivity contribution >= 4 is 45.6 Å². The van der Waals surface area contributed by atoms with Gasteiger partial charge in [0, 0.05) is 21.4 Å². The van der Waals surface area contributed by atoms with Crippen LogP contribution in [-0.4, -0.2) is 24.3 Å². The monoisotopic (exact) mass is 405 g/mol. The number of carbonyl (C=O) groups is 3. The predicted octanol–water partition coefficient (Wildman–Crippen LogP) is 4.52. The molecule has 0 saturated carbocycles. The number of amides is 1. The van der Waals surface area contributed by atoms with Crippen molar-refractivity contribution in [1.29, 1.82) is 0 Å². The summed E-state index contributed by atoms with van der Waals surface area (Å²) in [6.45, 7) is 3.22. The van der Waals surface area contributed by atoms with Crippen LogP contribution in [0, 0.1) is 5.92 Å². The Balaban J connectivity index is 1.74. The number of thiophene rings is 1. The zero-order valence-electron chi connectivity index (χ0n) is 15.1. The molecule has 0 atom stereocenters. The first-order valence-corrected chi connectivity index (χ1v) is 9.97. The summed E-state index contributed by atoms with van der Waals surface area (Å²) in [4.78, 5) is 38.1. The second kappa shape index (κ2) is 8.23. The lowest BCUT2D eigenvalue weighted by molar-refractivity contribution is -0.118. The molecule has 0 spiro atoms. The van der Waals surface area contributed by atoms with E-state index >= 15 is 0 Å². The second-order valence-corrected chi connectivity index (χ2v) is 8.25. The van der Waals surface area contributed by atoms with Gasteiger partial charge in [-0.3, -0.25) is 9.59 Å². The minimum Gasteiger partial charge on any atom is -0.454 e. The minimum atomic E-state index is -0.573. The molecule has 2 aromatic rings. The lowest BCUT2D eigenvalue weighted by Gasteiger charge is -2.10. The molecule has 0 fully saturated rings. The fourth-order valence-corrected chi connectivity index (χ4v) is 4.29. The van der Waals surface area contributed by atoms with E-state index in [1.165, 1.54) is 11.3 Å². The molecule has 1 aromatic carbocycles. The van der Waals surface area contributed by atoms with Crippen molar-refractivity contribution in [3.63, 3.8) is 0 Å². The Morgan fingerprint density at radius 2 is 1.89 bits per heavy atom. The van der Waals surface area contributed by atoms with Gasteiger partial charge < -0.3 is 10.1 Å². The SMILES string of the molecule is CC(C)C(=O)Nc1sc2c(c1C(=O)OCC(=O)c1ccc(Cl)cc1)CCC2. The fourth-order valence-electron chi connectivity index (χ4n) is 2.89. The third-order valence-electron chi connectivity index (χ3n) is 4.39. The molecule has 0 bridgehead atoms. The lowest BCUT2D eigenvalue weighted by Crippen LogP contribution is -2.20. The Labute approximate surface area is 166 Å². The molecule has 5 nitrogen and oxygen atoms in total. The normalized spacial score (nSPS) is 12.7. The van der Waals surface area contributed by atoms with Gasteiger partial charge in [-0.1, -0.05) is 25.4 Å². The van der Waals surface area contributed by atoms with Crippen LogP contribution in [0.3, 0.4) is 0 Å². The van der Waals surface area contributed by atoms with E-state index in [4.69, 9.17) is 16.3 Å². The summed E-state index contributed by atoms with van der Waals surface area (Å²) in [5.41, 5.74) is 1.75. The molecule has 0 saturated heterocycles. The summed E-state index contributed by atoms with van der Waals surface area (Å²) in [6, 6.07) is 6.41. The smallest absolute Gasteiger partial charge is 0.341 e. The number of ether oxygens (including phenoxy) is 1. The van der Waals surface area contributed by atoms with Crippen LogP contribution in [0.1, 0.15) is 51.4 Å². The van der Waals surface area contributed by atoms with Crippen LogP contribution in [0.15, 0.2) is 24.3 Å². The first-order valence-electron chi connectivity index (χ1n) is 8.78. The molecular weight excluding hydrogens is 386 g/mol. The van der Waals surface area contributed by atoms with Crippen LogP contribution in [0.5, 0.6) is 0 Å². The molecule has 1 aliphatic rings. The van der Waals surface area contributed by atoms with Gasteiger partial charge in [-0.05, 0) is 49.1 Å². The number of esters is 1. The molecule has 1 heterocycles. The zero-order valence-corrected chi connectivity index (χ0v) is 16.7. The molecule has 1 N–H and O–H groups in total. The van der Waals surface area contributed by atoms with E-state index < -0.39 is 5.97 Å². The van der Waals surface area contributed by atoms with Crippen molar-refractivity contribution in [2.75, 3.05) is 11.9 Å². The maximum absolute atomic E-state index is 12.7. The van der Waals surface area contributed by atoms with Crippen molar-refractivity contribution in [2.45, 2.75) is 33.1 Å². The number of hydrogen-bond acceptors (Lipinski definition) is 5. The van der Waals surface area contributed by atoms with Gasteiger partial charge in [-0.2, -0.15) is 0 Å². The number of anilines is 1. The van der Waals surface area contributed by atoms with Gasteiger partial charge in [0.1, 0.15) is 5.00 Å². The molecular formula is C20H20ClNO4S. The summed E-state index contributed by atoms with van der Waals surface area (Å²) < 4.78 is 5.27. The number of hydrogen-bond donors (Lipinski definition) is 1. The highest BCUT2D eigenvalue weighted by Gasteiger charge is 2.29. The maximum Gasteiger partial charge on any atom is 0.341 e. The highest BCUT2D eigenvalue weighted by Crippen LogP contribution is 2.39. The number of ketones is 1. The van der Waals surface area contributed by atoms with Gasteiger partial charge in [0.05, 0.1) is 5.56 Å². The van der Waals surface area contributed by atoms with Gasteiger partial charge in [0.15, 0.2) is 12.4 Å². The Bertz CT molecular complexity index is 886. The fraction of sp³-hybridized carbons (Fsp3) is 0.350. The van der Waals surface area contributed by atoms with Gasteiger partial charge in [0.25, 0.3) is 0 Å². The molecule has 3 rings (SSSR count). The summed E-state index contributed by atoms with van der Waals surface area (Å²) in [6.07, 6.45) is 2.64. The average Bonchev–Trinajstić information content (AvgIpc) is 3.20. The number of rotatable bonds is 6. The topological polar surface area (TPSA) is 72.5 Å². The quantitative estimate of drug-likeness (QED) is 0.566. The van der Waals surface area contributed by atoms with Crippen LogP contribution in [-0.2, 0) is 22.4 Å². The Morgan fingerprint density at radius 3 is 2.56 bits per heavy atom. The summed E-state index contributed by atoms with van der Waals surface area (Å²) in [5, 5.41) is 3.87. The maximum atomic E-state index is 12.7. The van der Waals surface area contributed by atoms with Crippen LogP contribution >= 0.6 is 22.9 Å². The van der Waals surface area contributed by atoms with E-state index in [2.05, 4.69) is 5.32 Å². The Hall–Kier alpha value is -2.18. The summed E-state index contributed by atoms with van der Waals surface area (Å²) in [5.74, 6) is -1.23. The largest absolute Gasteiger partial charge is 0.454 e. The number of carbonyl (C=O) groups excluding carboxylic acids is 3. The highest BCUT2D eigenvalue weighted by atomic mass is 35.5. The molecule has 7 heteroatoms. The van der Waals surface area contributed by atoms with Crippen molar-refractivity contribution in [3.8, 4) is 0 Å². The number of fused-ring (bicyclic) bond motifs is 1. The standard InChI is InChI=1S/C20H20ClNO4S/c1-11(2)18(24)22-19-17(14-4-3-5-16(14)27-19)20(25)26-10-15(23)12-6-8-13(21)9-7-12/h6-9,11H,3-5,10H2,1-2H3,(H,22,24). The van der Waals surface area contributed by atoms with E-state index in [-0.39, 0.29) is 24.2 Å². The van der Waals surface area contributed by atoms with E-state index in [9.17, 15) is 14.4 Å². The van der Waals surface area contributed by atoms with E-state index in [0.717, 1.165) is 29.7 Å². The number of Topliss-reactive ketones (excluding diaryl/α,β-unsaturated/α-hetero) is 1. The molecule has 1 aromatic heterocycles. The number of benzene rings is 1. The molecule has 142 valence electrons. The van der Waals surface area contributed by atoms with Crippen molar-refractivity contribution < 1.29 is 19.1 Å². The van der Waals surface area contributed by atoms with Crippen LogP contribution in [0.2, 0.25) is 5.02 Å². The van der Waals surface area contributed by atoms with Crippen molar-refractivity contribution in [3.05, 3.63) is 50.9 Å². The number of aryl methyl sites for hydroxylation is 1. The number of nitrogens with one attached hydrogen (secondary N) is 1. The highest BCUT2D eigenvalue weighted by molar-refractivity contribution is 7.17. The molecule has 0 aliphatic heterocycles. The van der Waals surface area contributed by atoms with Gasteiger partial charge in [-0.15, -0.1) is 11.3 Å². The van der Waals surface area contributed by atoms with Crippen molar-refractivity contribution in [1.82, 2.24) is 0 Å². The first-order chi connectivity index (χ1) is 12.9. The van der Waals surface area contributed by atoms with Gasteiger partial charge >= 0.3 is 5.97 Å². The zero-order chi connectivity index (χ0) is 19.6. The second-order valence-electron chi connectivity index (χ2n) is 6.71.